The fraction of sp³-hybridized carbons (Fsp3) is 0.350. The number of carbonyl (C=O) groups is 1. The van der Waals surface area contributed by atoms with Crippen LogP contribution < -0.4 is 14.8 Å². The van der Waals surface area contributed by atoms with Gasteiger partial charge in [-0.15, -0.1) is 0 Å². The van der Waals surface area contributed by atoms with Crippen molar-refractivity contribution in [3.63, 3.8) is 0 Å². The average molecular weight is 389 g/mol. The van der Waals surface area contributed by atoms with Crippen LogP contribution in [0.4, 0.5) is 5.69 Å². The van der Waals surface area contributed by atoms with Gasteiger partial charge in [0.25, 0.3) is 5.91 Å². The van der Waals surface area contributed by atoms with E-state index in [1.807, 2.05) is 24.3 Å². The highest BCUT2D eigenvalue weighted by molar-refractivity contribution is 6.32. The van der Waals surface area contributed by atoms with Crippen LogP contribution in [0.15, 0.2) is 36.4 Å². The average Bonchev–Trinajstić information content (AvgIpc) is 3.17. The number of ether oxygens (including phenoxy) is 3. The summed E-state index contributed by atoms with van der Waals surface area (Å²) in [5.74, 6) is 0.736. The molecule has 0 saturated carbocycles. The second kappa shape index (κ2) is 8.17. The minimum atomic E-state index is -0.240. The lowest BCUT2D eigenvalue weighted by Crippen LogP contribution is -2.37. The van der Waals surface area contributed by atoms with E-state index in [4.69, 9.17) is 25.8 Å². The second-order valence-corrected chi connectivity index (χ2v) is 6.95. The lowest BCUT2D eigenvalue weighted by molar-refractivity contribution is 0.0384. The van der Waals surface area contributed by atoms with E-state index in [1.54, 1.807) is 12.1 Å². The first-order valence-corrected chi connectivity index (χ1v) is 9.36. The van der Waals surface area contributed by atoms with Gasteiger partial charge in [0.2, 0.25) is 6.79 Å². The zero-order valence-corrected chi connectivity index (χ0v) is 15.6. The number of fused-ring (bicyclic) bond motifs is 1. The molecule has 2 aromatic rings. The van der Waals surface area contributed by atoms with Crippen molar-refractivity contribution in [1.29, 1.82) is 0 Å². The zero-order valence-electron chi connectivity index (χ0n) is 14.9. The minimum Gasteiger partial charge on any atom is -0.454 e. The Balaban J connectivity index is 1.35. The highest BCUT2D eigenvalue weighted by atomic mass is 35.5. The van der Waals surface area contributed by atoms with Gasteiger partial charge < -0.3 is 19.5 Å². The molecule has 0 aromatic heterocycles. The normalized spacial score (nSPS) is 16.3. The molecule has 142 valence electrons. The predicted molar refractivity (Wildman–Crippen MR) is 103 cm³/mol. The molecule has 0 aliphatic carbocycles. The largest absolute Gasteiger partial charge is 0.454 e. The first-order valence-electron chi connectivity index (χ1n) is 8.98. The number of hydrogen-bond acceptors (Lipinski definition) is 5. The van der Waals surface area contributed by atoms with Gasteiger partial charge >= 0.3 is 0 Å². The predicted octanol–water partition coefficient (Wildman–Crippen LogP) is 3.20. The molecule has 2 aromatic carbocycles. The molecule has 7 heteroatoms. The number of rotatable bonds is 5. The lowest BCUT2D eigenvalue weighted by Gasteiger charge is -2.26. The molecule has 1 amide bonds. The third kappa shape index (κ3) is 4.35. The number of anilines is 1. The van der Waals surface area contributed by atoms with E-state index in [0.29, 0.717) is 22.1 Å². The molecule has 0 radical (unpaired) electrons. The van der Waals surface area contributed by atoms with E-state index in [1.165, 1.54) is 5.56 Å². The SMILES string of the molecule is O=C(Nc1ccc(CCN2CCOCC2)cc1)c1cc(Cl)c2c(c1)OCO2. The molecule has 0 bridgehead atoms. The van der Waals surface area contributed by atoms with Gasteiger partial charge in [-0.25, -0.2) is 0 Å². The van der Waals surface area contributed by atoms with Gasteiger partial charge in [-0.2, -0.15) is 0 Å². The van der Waals surface area contributed by atoms with Gasteiger partial charge in [0, 0.05) is 30.9 Å². The molecular weight excluding hydrogens is 368 g/mol. The van der Waals surface area contributed by atoms with Gasteiger partial charge in [0.05, 0.1) is 18.2 Å². The highest BCUT2D eigenvalue weighted by Gasteiger charge is 2.20. The summed E-state index contributed by atoms with van der Waals surface area (Å²) >= 11 is 6.14. The smallest absolute Gasteiger partial charge is 0.255 e. The van der Waals surface area contributed by atoms with Crippen LogP contribution in [0.2, 0.25) is 5.02 Å². The third-order valence-electron chi connectivity index (χ3n) is 4.72. The van der Waals surface area contributed by atoms with Gasteiger partial charge in [-0.05, 0) is 36.2 Å². The fourth-order valence-electron chi connectivity index (χ4n) is 3.17. The molecule has 0 atom stereocenters. The van der Waals surface area contributed by atoms with Gasteiger partial charge in [-0.1, -0.05) is 23.7 Å². The zero-order chi connectivity index (χ0) is 18.6. The summed E-state index contributed by atoms with van der Waals surface area (Å²) in [6, 6.07) is 11.1. The molecule has 2 heterocycles. The number of morpholine rings is 1. The second-order valence-electron chi connectivity index (χ2n) is 6.55. The highest BCUT2D eigenvalue weighted by Crippen LogP contribution is 2.39. The molecule has 6 nitrogen and oxygen atoms in total. The minimum absolute atomic E-state index is 0.117. The van der Waals surface area contributed by atoms with Crippen LogP contribution in [0, 0.1) is 0 Å². The van der Waals surface area contributed by atoms with E-state index in [-0.39, 0.29) is 12.7 Å². The number of amides is 1. The van der Waals surface area contributed by atoms with Crippen LogP contribution in [0.5, 0.6) is 11.5 Å². The van der Waals surface area contributed by atoms with Crippen LogP contribution in [-0.4, -0.2) is 50.4 Å². The van der Waals surface area contributed by atoms with Crippen LogP contribution in [0.3, 0.4) is 0 Å². The Bertz CT molecular complexity index is 819. The summed E-state index contributed by atoms with van der Waals surface area (Å²) in [5, 5.41) is 3.26. The summed E-state index contributed by atoms with van der Waals surface area (Å²) < 4.78 is 15.9. The number of nitrogens with zero attached hydrogens (tertiary/aromatic N) is 1. The quantitative estimate of drug-likeness (QED) is 0.852. The van der Waals surface area contributed by atoms with Crippen molar-refractivity contribution < 1.29 is 19.0 Å². The van der Waals surface area contributed by atoms with Gasteiger partial charge in [0.15, 0.2) is 11.5 Å². The maximum Gasteiger partial charge on any atom is 0.255 e. The van der Waals surface area contributed by atoms with Gasteiger partial charge in [-0.3, -0.25) is 9.69 Å². The first kappa shape index (κ1) is 18.1. The molecule has 1 saturated heterocycles. The summed E-state index contributed by atoms with van der Waals surface area (Å²) in [5.41, 5.74) is 2.41. The Morgan fingerprint density at radius 2 is 1.89 bits per heavy atom. The van der Waals surface area contributed by atoms with Crippen molar-refractivity contribution >= 4 is 23.2 Å². The number of carbonyl (C=O) groups excluding carboxylic acids is 1. The fourth-order valence-corrected chi connectivity index (χ4v) is 3.43. The standard InChI is InChI=1S/C20H21ClN2O4/c21-17-11-15(12-18-19(17)27-13-26-18)20(24)22-16-3-1-14(2-4-16)5-6-23-7-9-25-10-8-23/h1-4,11-12H,5-10,13H2,(H,22,24). The van der Waals surface area contributed by atoms with Crippen LogP contribution >= 0.6 is 11.6 Å². The molecule has 2 aliphatic rings. The number of nitrogens with one attached hydrogen (secondary N) is 1. The summed E-state index contributed by atoms with van der Waals surface area (Å²) in [7, 11) is 0. The van der Waals surface area contributed by atoms with E-state index >= 15 is 0 Å². The van der Waals surface area contributed by atoms with E-state index in [2.05, 4.69) is 10.2 Å². The van der Waals surface area contributed by atoms with Gasteiger partial charge in [0.1, 0.15) is 0 Å². The maximum atomic E-state index is 12.5. The Kier molecular flexibility index (Phi) is 5.48. The topological polar surface area (TPSA) is 60.0 Å². The number of hydrogen-bond donors (Lipinski definition) is 1. The Hall–Kier alpha value is -2.28. The molecule has 0 unspecified atom stereocenters. The molecule has 27 heavy (non-hydrogen) atoms. The van der Waals surface area contributed by atoms with Crippen molar-refractivity contribution in [3.05, 3.63) is 52.5 Å². The monoisotopic (exact) mass is 388 g/mol. The number of benzene rings is 2. The van der Waals surface area contributed by atoms with Crippen molar-refractivity contribution in [1.82, 2.24) is 4.90 Å². The van der Waals surface area contributed by atoms with E-state index < -0.39 is 0 Å². The van der Waals surface area contributed by atoms with Crippen LogP contribution in [0.25, 0.3) is 0 Å². The van der Waals surface area contributed by atoms with Crippen LogP contribution in [0.1, 0.15) is 15.9 Å². The Morgan fingerprint density at radius 3 is 2.67 bits per heavy atom. The van der Waals surface area contributed by atoms with Crippen molar-refractivity contribution in [3.8, 4) is 11.5 Å². The van der Waals surface area contributed by atoms with Crippen molar-refractivity contribution in [2.24, 2.45) is 0 Å². The van der Waals surface area contributed by atoms with Crippen molar-refractivity contribution in [2.45, 2.75) is 6.42 Å². The molecule has 1 fully saturated rings. The number of halogens is 1. The summed E-state index contributed by atoms with van der Waals surface area (Å²) in [6.07, 6.45) is 0.978. The summed E-state index contributed by atoms with van der Waals surface area (Å²) in [6.45, 7) is 4.75. The van der Waals surface area contributed by atoms with Crippen LogP contribution in [-0.2, 0) is 11.2 Å². The Labute approximate surface area is 163 Å². The Morgan fingerprint density at radius 1 is 1.11 bits per heavy atom. The van der Waals surface area contributed by atoms with E-state index in [0.717, 1.165) is 45.0 Å². The van der Waals surface area contributed by atoms with Crippen molar-refractivity contribution in [2.75, 3.05) is 45.0 Å². The third-order valence-corrected chi connectivity index (χ3v) is 5.00. The lowest BCUT2D eigenvalue weighted by atomic mass is 10.1. The molecular formula is C20H21ClN2O4. The molecule has 1 N–H and O–H groups in total. The van der Waals surface area contributed by atoms with E-state index in [9.17, 15) is 4.79 Å². The summed E-state index contributed by atoms with van der Waals surface area (Å²) in [4.78, 5) is 14.9. The maximum absolute atomic E-state index is 12.5. The molecule has 0 spiro atoms. The molecule has 4 rings (SSSR count). The molecule has 2 aliphatic heterocycles. The first-order chi connectivity index (χ1) is 13.2.